The van der Waals surface area contributed by atoms with Crippen molar-refractivity contribution < 1.29 is 0 Å². The van der Waals surface area contributed by atoms with E-state index in [-0.39, 0.29) is 5.41 Å². The van der Waals surface area contributed by atoms with Gasteiger partial charge in [0.1, 0.15) is 12.2 Å². The molecule has 1 atom stereocenters. The monoisotopic (exact) mass is 262 g/mol. The molecule has 1 aromatic heterocycles. The summed E-state index contributed by atoms with van der Waals surface area (Å²) in [6.07, 6.45) is 11.0. The lowest BCUT2D eigenvalue weighted by atomic mass is 9.89. The molecule has 2 aromatic rings. The molecule has 0 spiro atoms. The zero-order valence-electron chi connectivity index (χ0n) is 11.1. The summed E-state index contributed by atoms with van der Waals surface area (Å²) >= 11 is 0. The number of nitrogens with zero attached hydrogens (tertiary/aromatic N) is 4. The van der Waals surface area contributed by atoms with Crippen LogP contribution in [0.25, 0.3) is 11.4 Å². The molecular formula is C16H14N4. The van der Waals surface area contributed by atoms with Crippen LogP contribution < -0.4 is 0 Å². The van der Waals surface area contributed by atoms with Crippen molar-refractivity contribution in [2.24, 2.45) is 4.99 Å². The average Bonchev–Trinajstić information content (AvgIpc) is 2.74. The van der Waals surface area contributed by atoms with Gasteiger partial charge < -0.3 is 0 Å². The zero-order valence-corrected chi connectivity index (χ0v) is 11.1. The van der Waals surface area contributed by atoms with Gasteiger partial charge >= 0.3 is 0 Å². The van der Waals surface area contributed by atoms with Crippen LogP contribution >= 0.6 is 0 Å². The second-order valence-electron chi connectivity index (χ2n) is 4.75. The normalized spacial score (nSPS) is 20.9. The number of aromatic nitrogens is 3. The van der Waals surface area contributed by atoms with Crippen molar-refractivity contribution in [1.82, 2.24) is 15.0 Å². The lowest BCUT2D eigenvalue weighted by molar-refractivity contribution is 0.679. The Balaban J connectivity index is 2.04. The predicted octanol–water partition coefficient (Wildman–Crippen LogP) is 2.95. The SMILES string of the molecule is CC1(c2ncnc(-c3ccccc3)n2)C=CC=NC=C1. The van der Waals surface area contributed by atoms with Crippen LogP contribution in [0.5, 0.6) is 0 Å². The van der Waals surface area contributed by atoms with Crippen LogP contribution in [0, 0.1) is 0 Å². The quantitative estimate of drug-likeness (QED) is 0.836. The van der Waals surface area contributed by atoms with Crippen molar-refractivity contribution in [3.63, 3.8) is 0 Å². The molecule has 1 aliphatic heterocycles. The summed E-state index contributed by atoms with van der Waals surface area (Å²) in [5, 5.41) is 0. The first kappa shape index (κ1) is 12.4. The molecule has 0 amide bonds. The molecular weight excluding hydrogens is 248 g/mol. The lowest BCUT2D eigenvalue weighted by Crippen LogP contribution is -2.20. The highest BCUT2D eigenvalue weighted by Crippen LogP contribution is 2.26. The molecule has 3 rings (SSSR count). The zero-order chi connectivity index (χ0) is 13.8. The molecule has 0 fully saturated rings. The van der Waals surface area contributed by atoms with E-state index in [2.05, 4.69) is 26.9 Å². The molecule has 4 heteroatoms. The molecule has 0 N–H and O–H groups in total. The van der Waals surface area contributed by atoms with Crippen molar-refractivity contribution in [3.05, 3.63) is 66.9 Å². The predicted molar refractivity (Wildman–Crippen MR) is 79.4 cm³/mol. The Morgan fingerprint density at radius 2 is 1.85 bits per heavy atom. The summed E-state index contributed by atoms with van der Waals surface area (Å²) in [7, 11) is 0. The average molecular weight is 262 g/mol. The molecule has 2 heterocycles. The molecule has 1 unspecified atom stereocenters. The van der Waals surface area contributed by atoms with E-state index in [9.17, 15) is 0 Å². The maximum absolute atomic E-state index is 4.60. The van der Waals surface area contributed by atoms with Crippen molar-refractivity contribution in [2.75, 3.05) is 0 Å². The smallest absolute Gasteiger partial charge is 0.163 e. The summed E-state index contributed by atoms with van der Waals surface area (Å²) in [4.78, 5) is 17.3. The second kappa shape index (κ2) is 5.17. The second-order valence-corrected chi connectivity index (χ2v) is 4.75. The van der Waals surface area contributed by atoms with E-state index in [0.717, 1.165) is 5.56 Å². The van der Waals surface area contributed by atoms with Crippen LogP contribution in [0.4, 0.5) is 0 Å². The third-order valence-electron chi connectivity index (χ3n) is 3.21. The molecule has 0 saturated carbocycles. The minimum absolute atomic E-state index is 0.372. The van der Waals surface area contributed by atoms with Gasteiger partial charge in [0.15, 0.2) is 5.82 Å². The Morgan fingerprint density at radius 3 is 2.70 bits per heavy atom. The highest BCUT2D eigenvalue weighted by atomic mass is 15.0. The number of rotatable bonds is 2. The maximum Gasteiger partial charge on any atom is 0.163 e. The van der Waals surface area contributed by atoms with Gasteiger partial charge in [0.2, 0.25) is 0 Å². The molecule has 4 nitrogen and oxygen atoms in total. The van der Waals surface area contributed by atoms with E-state index < -0.39 is 0 Å². The Morgan fingerprint density at radius 1 is 1.00 bits per heavy atom. The van der Waals surface area contributed by atoms with Crippen molar-refractivity contribution in [1.29, 1.82) is 0 Å². The van der Waals surface area contributed by atoms with Crippen LogP contribution in [-0.2, 0) is 5.41 Å². The Bertz CT molecular complexity index is 671. The molecule has 0 bridgehead atoms. The van der Waals surface area contributed by atoms with Crippen LogP contribution in [0.2, 0.25) is 0 Å². The van der Waals surface area contributed by atoms with Gasteiger partial charge in [0.25, 0.3) is 0 Å². The highest BCUT2D eigenvalue weighted by molar-refractivity contribution is 5.73. The number of aliphatic imine (C=N–C) groups is 1. The van der Waals surface area contributed by atoms with E-state index >= 15 is 0 Å². The molecule has 0 saturated heterocycles. The van der Waals surface area contributed by atoms with Crippen LogP contribution in [0.3, 0.4) is 0 Å². The standard InChI is InChI=1S/C16H14N4/c1-16(8-5-10-17-11-9-16)15-19-12-18-14(20-15)13-6-3-2-4-7-13/h2-12H,1H3. The van der Waals surface area contributed by atoms with E-state index in [1.807, 2.05) is 48.6 Å². The van der Waals surface area contributed by atoms with Crippen molar-refractivity contribution in [2.45, 2.75) is 12.3 Å². The van der Waals surface area contributed by atoms with E-state index in [0.29, 0.717) is 11.6 Å². The fourth-order valence-corrected chi connectivity index (χ4v) is 2.03. The van der Waals surface area contributed by atoms with Crippen molar-refractivity contribution in [3.8, 4) is 11.4 Å². The molecule has 20 heavy (non-hydrogen) atoms. The summed E-state index contributed by atoms with van der Waals surface area (Å²) in [6, 6.07) is 9.90. The van der Waals surface area contributed by atoms with Gasteiger partial charge in [-0.05, 0) is 19.1 Å². The van der Waals surface area contributed by atoms with Crippen molar-refractivity contribution >= 4 is 6.21 Å². The van der Waals surface area contributed by atoms with Gasteiger partial charge in [-0.2, -0.15) is 0 Å². The molecule has 0 radical (unpaired) electrons. The van der Waals surface area contributed by atoms with Crippen LogP contribution in [-0.4, -0.2) is 21.2 Å². The largest absolute Gasteiger partial charge is 0.265 e. The Hall–Kier alpha value is -2.62. The number of allylic oxidation sites excluding steroid dienone is 3. The minimum atomic E-state index is -0.372. The summed E-state index contributed by atoms with van der Waals surface area (Å²) < 4.78 is 0. The first-order chi connectivity index (χ1) is 9.78. The number of hydrogen-bond donors (Lipinski definition) is 0. The van der Waals surface area contributed by atoms with E-state index in [1.54, 1.807) is 18.7 Å². The van der Waals surface area contributed by atoms with Gasteiger partial charge in [-0.15, -0.1) is 0 Å². The van der Waals surface area contributed by atoms with Gasteiger partial charge in [-0.1, -0.05) is 36.4 Å². The van der Waals surface area contributed by atoms with Crippen LogP contribution in [0.15, 0.2) is 66.1 Å². The molecule has 98 valence electrons. The minimum Gasteiger partial charge on any atom is -0.265 e. The molecule has 1 aliphatic rings. The van der Waals surface area contributed by atoms with Gasteiger partial charge in [-0.25, -0.2) is 15.0 Å². The molecule has 1 aromatic carbocycles. The summed E-state index contributed by atoms with van der Waals surface area (Å²) in [5.41, 5.74) is 0.612. The fourth-order valence-electron chi connectivity index (χ4n) is 2.03. The molecule has 0 aliphatic carbocycles. The maximum atomic E-state index is 4.60. The van der Waals surface area contributed by atoms with Gasteiger partial charge in [0.05, 0.1) is 5.41 Å². The van der Waals surface area contributed by atoms with Gasteiger partial charge in [-0.3, -0.25) is 4.99 Å². The number of benzene rings is 1. The summed E-state index contributed by atoms with van der Waals surface area (Å²) in [6.45, 7) is 2.05. The Kier molecular flexibility index (Phi) is 3.21. The van der Waals surface area contributed by atoms with Gasteiger partial charge in [0, 0.05) is 18.0 Å². The third-order valence-corrected chi connectivity index (χ3v) is 3.21. The third kappa shape index (κ3) is 2.40. The van der Waals surface area contributed by atoms with Crippen LogP contribution in [0.1, 0.15) is 12.7 Å². The first-order valence-corrected chi connectivity index (χ1v) is 6.42. The van der Waals surface area contributed by atoms with E-state index in [4.69, 9.17) is 0 Å². The lowest BCUT2D eigenvalue weighted by Gasteiger charge is -2.19. The van der Waals surface area contributed by atoms with E-state index in [1.165, 1.54) is 0 Å². The number of hydrogen-bond acceptors (Lipinski definition) is 4. The topological polar surface area (TPSA) is 51.0 Å². The fraction of sp³-hybridized carbons (Fsp3) is 0.125. The summed E-state index contributed by atoms with van der Waals surface area (Å²) in [5.74, 6) is 1.40. The Labute approximate surface area is 117 Å². The first-order valence-electron chi connectivity index (χ1n) is 6.42. The highest BCUT2D eigenvalue weighted by Gasteiger charge is 2.24.